The molecule has 0 spiro atoms. The first-order valence-corrected chi connectivity index (χ1v) is 5.25. The fourth-order valence-electron chi connectivity index (χ4n) is 1.17. The molecule has 0 aliphatic rings. The van der Waals surface area contributed by atoms with Crippen LogP contribution in [0.25, 0.3) is 0 Å². The molecule has 0 bridgehead atoms. The molecule has 0 saturated heterocycles. The molecule has 1 rings (SSSR count). The molecule has 3 nitrogen and oxygen atoms in total. The third-order valence-electron chi connectivity index (χ3n) is 2.58. The Kier molecular flexibility index (Phi) is 3.83. The van der Waals surface area contributed by atoms with Crippen molar-refractivity contribution >= 4 is 5.91 Å². The molecule has 15 heavy (non-hydrogen) atoms. The zero-order chi connectivity index (χ0) is 11.4. The van der Waals surface area contributed by atoms with Gasteiger partial charge in [-0.2, -0.15) is 0 Å². The predicted octanol–water partition coefficient (Wildman–Crippen LogP) is 2.16. The highest BCUT2D eigenvalue weighted by Gasteiger charge is 2.14. The van der Waals surface area contributed by atoms with Crippen molar-refractivity contribution in [2.24, 2.45) is 5.92 Å². The van der Waals surface area contributed by atoms with E-state index in [-0.39, 0.29) is 11.9 Å². The van der Waals surface area contributed by atoms with Gasteiger partial charge in [-0.25, -0.2) is 0 Å². The lowest BCUT2D eigenvalue weighted by molar-refractivity contribution is 0.0925. The van der Waals surface area contributed by atoms with Crippen molar-refractivity contribution in [3.63, 3.8) is 0 Å². The summed E-state index contributed by atoms with van der Waals surface area (Å²) in [5, 5.41) is 2.94. The van der Waals surface area contributed by atoms with Crippen LogP contribution in [-0.4, -0.2) is 16.9 Å². The summed E-state index contributed by atoms with van der Waals surface area (Å²) in [6.45, 7) is 8.05. The number of nitrogens with one attached hydrogen (secondary N) is 1. The minimum atomic E-state index is -0.0886. The maximum Gasteiger partial charge on any atom is 0.270 e. The second-order valence-corrected chi connectivity index (χ2v) is 4.18. The van der Waals surface area contributed by atoms with Gasteiger partial charge in [0.05, 0.1) is 0 Å². The van der Waals surface area contributed by atoms with Gasteiger partial charge in [0.2, 0.25) is 0 Å². The highest BCUT2D eigenvalue weighted by atomic mass is 16.1. The lowest BCUT2D eigenvalue weighted by atomic mass is 10.1. The van der Waals surface area contributed by atoms with E-state index in [0.29, 0.717) is 11.6 Å². The normalized spacial score (nSPS) is 12.6. The number of aryl methyl sites for hydroxylation is 1. The summed E-state index contributed by atoms with van der Waals surface area (Å²) in [4.78, 5) is 15.9. The molecule has 1 unspecified atom stereocenters. The number of carbonyl (C=O) groups excluding carboxylic acids is 1. The van der Waals surface area contributed by atoms with Crippen molar-refractivity contribution in [2.75, 3.05) is 0 Å². The minimum Gasteiger partial charge on any atom is -0.348 e. The van der Waals surface area contributed by atoms with Gasteiger partial charge in [0.15, 0.2) is 0 Å². The number of nitrogens with zero attached hydrogens (tertiary/aromatic N) is 1. The fraction of sp³-hybridized carbons (Fsp3) is 0.500. The van der Waals surface area contributed by atoms with Crippen LogP contribution in [0.3, 0.4) is 0 Å². The molecular formula is C12H18N2O. The maximum atomic E-state index is 11.8. The summed E-state index contributed by atoms with van der Waals surface area (Å²) in [6, 6.07) is 3.89. The van der Waals surface area contributed by atoms with Gasteiger partial charge in [0, 0.05) is 12.2 Å². The van der Waals surface area contributed by atoms with Gasteiger partial charge in [-0.15, -0.1) is 0 Å². The van der Waals surface area contributed by atoms with E-state index in [1.165, 1.54) is 0 Å². The standard InChI is InChI=1S/C12H18N2O/c1-8(2)10(4)14-12(15)11-9(3)6-5-7-13-11/h5-8,10H,1-4H3,(H,14,15). The van der Waals surface area contributed by atoms with Gasteiger partial charge in [0.25, 0.3) is 5.91 Å². The van der Waals surface area contributed by atoms with Gasteiger partial charge in [-0.1, -0.05) is 19.9 Å². The van der Waals surface area contributed by atoms with Gasteiger partial charge in [0.1, 0.15) is 5.69 Å². The van der Waals surface area contributed by atoms with Crippen LogP contribution in [0.15, 0.2) is 18.3 Å². The number of aromatic nitrogens is 1. The van der Waals surface area contributed by atoms with Crippen LogP contribution >= 0.6 is 0 Å². The highest BCUT2D eigenvalue weighted by molar-refractivity contribution is 5.93. The molecule has 0 fully saturated rings. The number of pyridine rings is 1. The molecule has 82 valence electrons. The van der Waals surface area contributed by atoms with Gasteiger partial charge in [-0.3, -0.25) is 9.78 Å². The molecule has 3 heteroatoms. The second kappa shape index (κ2) is 4.91. The Bertz CT molecular complexity index is 347. The van der Waals surface area contributed by atoms with Crippen molar-refractivity contribution in [2.45, 2.75) is 33.7 Å². The number of carbonyl (C=O) groups is 1. The molecule has 1 aromatic rings. The SMILES string of the molecule is Cc1cccnc1C(=O)NC(C)C(C)C. The van der Waals surface area contributed by atoms with Crippen LogP contribution in [0, 0.1) is 12.8 Å². The molecular weight excluding hydrogens is 188 g/mol. The van der Waals surface area contributed by atoms with Crippen molar-refractivity contribution in [1.82, 2.24) is 10.3 Å². The zero-order valence-electron chi connectivity index (χ0n) is 9.74. The van der Waals surface area contributed by atoms with E-state index in [1.54, 1.807) is 6.20 Å². The molecule has 0 aliphatic carbocycles. The van der Waals surface area contributed by atoms with Crippen molar-refractivity contribution in [3.8, 4) is 0 Å². The van der Waals surface area contributed by atoms with E-state index in [2.05, 4.69) is 24.1 Å². The van der Waals surface area contributed by atoms with Gasteiger partial charge in [-0.05, 0) is 31.4 Å². The monoisotopic (exact) mass is 206 g/mol. The van der Waals surface area contributed by atoms with Crippen molar-refractivity contribution in [3.05, 3.63) is 29.6 Å². The molecule has 1 amide bonds. The highest BCUT2D eigenvalue weighted by Crippen LogP contribution is 2.05. The van der Waals surface area contributed by atoms with Gasteiger partial charge < -0.3 is 5.32 Å². The molecule has 0 aliphatic heterocycles. The molecule has 1 N–H and O–H groups in total. The van der Waals surface area contributed by atoms with Crippen molar-refractivity contribution < 1.29 is 4.79 Å². The summed E-state index contributed by atoms with van der Waals surface area (Å²) < 4.78 is 0. The quantitative estimate of drug-likeness (QED) is 0.823. The molecule has 1 heterocycles. The maximum absolute atomic E-state index is 11.8. The Labute approximate surface area is 90.9 Å². The minimum absolute atomic E-state index is 0.0886. The van der Waals surface area contributed by atoms with E-state index in [4.69, 9.17) is 0 Å². The molecule has 1 atom stereocenters. The smallest absolute Gasteiger partial charge is 0.270 e. The average molecular weight is 206 g/mol. The lowest BCUT2D eigenvalue weighted by Crippen LogP contribution is -2.36. The lowest BCUT2D eigenvalue weighted by Gasteiger charge is -2.17. The summed E-state index contributed by atoms with van der Waals surface area (Å²) in [7, 11) is 0. The van der Waals surface area contributed by atoms with E-state index in [0.717, 1.165) is 5.56 Å². The van der Waals surface area contributed by atoms with E-state index >= 15 is 0 Å². The number of rotatable bonds is 3. The topological polar surface area (TPSA) is 42.0 Å². The molecule has 0 saturated carbocycles. The molecule has 1 aromatic heterocycles. The molecule has 0 aromatic carbocycles. The molecule has 0 radical (unpaired) electrons. The predicted molar refractivity (Wildman–Crippen MR) is 60.7 cm³/mol. The van der Waals surface area contributed by atoms with Crippen LogP contribution in [0.4, 0.5) is 0 Å². The zero-order valence-corrected chi connectivity index (χ0v) is 9.74. The third-order valence-corrected chi connectivity index (χ3v) is 2.58. The van der Waals surface area contributed by atoms with Crippen LogP contribution in [-0.2, 0) is 0 Å². The summed E-state index contributed by atoms with van der Waals surface area (Å²) in [5.74, 6) is 0.340. The number of hydrogen-bond acceptors (Lipinski definition) is 2. The number of amides is 1. The summed E-state index contributed by atoms with van der Waals surface area (Å²) in [6.07, 6.45) is 1.64. The average Bonchev–Trinajstić information content (AvgIpc) is 2.18. The van der Waals surface area contributed by atoms with E-state index in [1.807, 2.05) is 26.0 Å². The third kappa shape index (κ3) is 3.05. The fourth-order valence-corrected chi connectivity index (χ4v) is 1.17. The summed E-state index contributed by atoms with van der Waals surface area (Å²) in [5.41, 5.74) is 1.43. The summed E-state index contributed by atoms with van der Waals surface area (Å²) >= 11 is 0. The second-order valence-electron chi connectivity index (χ2n) is 4.18. The first kappa shape index (κ1) is 11.7. The Morgan fingerprint density at radius 3 is 2.60 bits per heavy atom. The van der Waals surface area contributed by atoms with E-state index < -0.39 is 0 Å². The first-order chi connectivity index (χ1) is 7.02. The largest absolute Gasteiger partial charge is 0.348 e. The van der Waals surface area contributed by atoms with Crippen LogP contribution in [0.2, 0.25) is 0 Å². The Morgan fingerprint density at radius 1 is 1.40 bits per heavy atom. The Balaban J connectivity index is 2.74. The Hall–Kier alpha value is -1.38. The van der Waals surface area contributed by atoms with Crippen molar-refractivity contribution in [1.29, 1.82) is 0 Å². The van der Waals surface area contributed by atoms with Crippen LogP contribution in [0.5, 0.6) is 0 Å². The van der Waals surface area contributed by atoms with Gasteiger partial charge >= 0.3 is 0 Å². The van der Waals surface area contributed by atoms with Crippen LogP contribution in [0.1, 0.15) is 36.8 Å². The Morgan fingerprint density at radius 2 is 2.07 bits per heavy atom. The number of hydrogen-bond donors (Lipinski definition) is 1. The first-order valence-electron chi connectivity index (χ1n) is 5.25. The van der Waals surface area contributed by atoms with E-state index in [9.17, 15) is 4.79 Å². The van der Waals surface area contributed by atoms with Crippen LogP contribution < -0.4 is 5.32 Å².